The van der Waals surface area contributed by atoms with E-state index < -0.39 is 11.8 Å². The molecule has 1 saturated heterocycles. The zero-order chi connectivity index (χ0) is 20.1. The molecule has 0 spiro atoms. The number of carbonyl (C=O) groups excluding carboxylic acids is 1. The van der Waals surface area contributed by atoms with Crippen molar-refractivity contribution < 1.29 is 13.9 Å². The molecule has 0 aromatic heterocycles. The molecule has 150 valence electrons. The predicted octanol–water partition coefficient (Wildman–Crippen LogP) is 4.45. The summed E-state index contributed by atoms with van der Waals surface area (Å²) in [6.45, 7) is 6.40. The van der Waals surface area contributed by atoms with E-state index >= 15 is 0 Å². The fraction of sp³-hybridized carbons (Fsp3) is 0.409. The molecule has 0 saturated carbocycles. The summed E-state index contributed by atoms with van der Waals surface area (Å²) in [5, 5.41) is 2.75. The Morgan fingerprint density at radius 2 is 1.75 bits per heavy atom. The van der Waals surface area contributed by atoms with Crippen LogP contribution in [0.3, 0.4) is 0 Å². The largest absolute Gasteiger partial charge is 0.428 e. The summed E-state index contributed by atoms with van der Waals surface area (Å²) in [4.78, 5) is 14.5. The van der Waals surface area contributed by atoms with Crippen LogP contribution in [0, 0.1) is 5.82 Å². The highest BCUT2D eigenvalue weighted by molar-refractivity contribution is 5.84. The van der Waals surface area contributed by atoms with E-state index in [9.17, 15) is 9.18 Å². The minimum absolute atomic E-state index is 0.235. The van der Waals surface area contributed by atoms with Crippen molar-refractivity contribution in [1.82, 2.24) is 4.90 Å². The van der Waals surface area contributed by atoms with Crippen LogP contribution in [0.5, 0.6) is 0 Å². The maximum absolute atomic E-state index is 13.0. The lowest BCUT2D eigenvalue weighted by Crippen LogP contribution is -2.53. The third-order valence-electron chi connectivity index (χ3n) is 5.14. The average molecular weight is 385 g/mol. The first-order valence-electron chi connectivity index (χ1n) is 9.69. The normalized spacial score (nSPS) is 16.8. The molecule has 0 aliphatic carbocycles. The van der Waals surface area contributed by atoms with Gasteiger partial charge in [-0.1, -0.05) is 38.1 Å². The van der Waals surface area contributed by atoms with E-state index in [1.54, 1.807) is 12.1 Å². The van der Waals surface area contributed by atoms with Crippen LogP contribution in [0.2, 0.25) is 0 Å². The van der Waals surface area contributed by atoms with Gasteiger partial charge in [-0.05, 0) is 41.3 Å². The number of nitrogens with one attached hydrogen (secondary N) is 1. The van der Waals surface area contributed by atoms with Gasteiger partial charge in [-0.3, -0.25) is 16.0 Å². The quantitative estimate of drug-likeness (QED) is 0.746. The smallest absolute Gasteiger partial charge is 0.413 e. The molecule has 1 heterocycles. The van der Waals surface area contributed by atoms with Crippen molar-refractivity contribution in [1.29, 1.82) is 0 Å². The molecule has 6 heteroatoms. The zero-order valence-electron chi connectivity index (χ0n) is 16.5. The first-order chi connectivity index (χ1) is 13.3. The highest BCUT2D eigenvalue weighted by atomic mass is 19.1. The van der Waals surface area contributed by atoms with E-state index in [0.29, 0.717) is 37.5 Å². The summed E-state index contributed by atoms with van der Waals surface area (Å²) in [5.74, 6) is 0.204. The number of benzene rings is 2. The van der Waals surface area contributed by atoms with Crippen molar-refractivity contribution in [3.05, 3.63) is 65.5 Å². The first-order valence-corrected chi connectivity index (χ1v) is 9.69. The van der Waals surface area contributed by atoms with Crippen molar-refractivity contribution in [3.63, 3.8) is 0 Å². The van der Waals surface area contributed by atoms with Crippen LogP contribution >= 0.6 is 0 Å². The predicted molar refractivity (Wildman–Crippen MR) is 108 cm³/mol. The van der Waals surface area contributed by atoms with E-state index in [0.717, 1.165) is 12.1 Å². The van der Waals surface area contributed by atoms with E-state index in [-0.39, 0.29) is 5.82 Å². The number of hydrogen-bond donors (Lipinski definition) is 2. The number of nitrogens with zero attached hydrogens (tertiary/aromatic N) is 1. The van der Waals surface area contributed by atoms with E-state index in [4.69, 9.17) is 10.5 Å². The Labute approximate surface area is 165 Å². The van der Waals surface area contributed by atoms with Crippen LogP contribution < -0.4 is 11.1 Å². The Hall–Kier alpha value is -2.44. The van der Waals surface area contributed by atoms with Crippen LogP contribution in [0.1, 0.15) is 43.7 Å². The van der Waals surface area contributed by atoms with Crippen LogP contribution in [0.25, 0.3) is 0 Å². The summed E-state index contributed by atoms with van der Waals surface area (Å²) in [5.41, 5.74) is 8.27. The molecule has 1 amide bonds. The second kappa shape index (κ2) is 8.71. The van der Waals surface area contributed by atoms with Crippen LogP contribution in [-0.2, 0) is 11.3 Å². The molecule has 3 rings (SSSR count). The molecule has 28 heavy (non-hydrogen) atoms. The third kappa shape index (κ3) is 5.53. The van der Waals surface area contributed by atoms with Crippen LogP contribution in [-0.4, -0.2) is 29.8 Å². The topological polar surface area (TPSA) is 67.6 Å². The number of anilines is 1. The molecule has 2 aromatic carbocycles. The Balaban J connectivity index is 1.48. The van der Waals surface area contributed by atoms with E-state index in [1.165, 1.54) is 17.7 Å². The molecule has 0 radical (unpaired) electrons. The van der Waals surface area contributed by atoms with E-state index in [1.807, 2.05) is 24.3 Å². The van der Waals surface area contributed by atoms with Crippen molar-refractivity contribution in [3.8, 4) is 0 Å². The third-order valence-corrected chi connectivity index (χ3v) is 5.14. The number of halogens is 1. The first kappa shape index (κ1) is 20.3. The Morgan fingerprint density at radius 1 is 1.14 bits per heavy atom. The standard InChI is InChI=1S/C22H28FN3O2/c1-16(2)18-5-9-20(10-6-18)25-21(27)28-22(24)11-13-26(14-12-22)15-17-3-7-19(23)8-4-17/h3-10,16H,11-15,24H2,1-2H3,(H,25,27). The molecular weight excluding hydrogens is 357 g/mol. The molecule has 0 unspecified atom stereocenters. The van der Waals surface area contributed by atoms with Crippen molar-refractivity contribution in [2.45, 2.75) is 44.9 Å². The van der Waals surface area contributed by atoms with Crippen molar-refractivity contribution in [2.24, 2.45) is 5.73 Å². The monoisotopic (exact) mass is 385 g/mol. The highest BCUT2D eigenvalue weighted by Crippen LogP contribution is 2.24. The number of piperidine rings is 1. The lowest BCUT2D eigenvalue weighted by Gasteiger charge is -2.38. The lowest BCUT2D eigenvalue weighted by atomic mass is 10.0. The molecule has 0 atom stereocenters. The Kier molecular flexibility index (Phi) is 6.31. The van der Waals surface area contributed by atoms with Gasteiger partial charge in [-0.2, -0.15) is 0 Å². The fourth-order valence-electron chi connectivity index (χ4n) is 3.32. The van der Waals surface area contributed by atoms with Gasteiger partial charge in [0, 0.05) is 38.2 Å². The van der Waals surface area contributed by atoms with Gasteiger partial charge in [-0.25, -0.2) is 9.18 Å². The van der Waals surface area contributed by atoms with E-state index in [2.05, 4.69) is 24.1 Å². The Morgan fingerprint density at radius 3 is 2.32 bits per heavy atom. The number of hydrogen-bond acceptors (Lipinski definition) is 4. The van der Waals surface area contributed by atoms with Crippen LogP contribution in [0.4, 0.5) is 14.9 Å². The number of ether oxygens (including phenoxy) is 1. The molecule has 0 bridgehead atoms. The molecular formula is C22H28FN3O2. The molecule has 1 aliphatic heterocycles. The maximum atomic E-state index is 13.0. The summed E-state index contributed by atoms with van der Waals surface area (Å²) in [7, 11) is 0. The van der Waals surface area contributed by atoms with Gasteiger partial charge in [-0.15, -0.1) is 0 Å². The molecule has 3 N–H and O–H groups in total. The summed E-state index contributed by atoms with van der Waals surface area (Å²) >= 11 is 0. The minimum atomic E-state index is -0.971. The van der Waals surface area contributed by atoms with Gasteiger partial charge in [0.15, 0.2) is 5.72 Å². The SMILES string of the molecule is CC(C)c1ccc(NC(=O)OC2(N)CCN(Cc3ccc(F)cc3)CC2)cc1. The Bertz CT molecular complexity index is 782. The van der Waals surface area contributed by atoms with Gasteiger partial charge in [0.25, 0.3) is 0 Å². The maximum Gasteiger partial charge on any atom is 0.413 e. The second-order valence-electron chi connectivity index (χ2n) is 7.76. The van der Waals surface area contributed by atoms with Gasteiger partial charge >= 0.3 is 6.09 Å². The fourth-order valence-corrected chi connectivity index (χ4v) is 3.32. The number of carbonyl (C=O) groups is 1. The lowest BCUT2D eigenvalue weighted by molar-refractivity contribution is -0.0269. The minimum Gasteiger partial charge on any atom is -0.428 e. The molecule has 1 fully saturated rings. The number of rotatable bonds is 5. The summed E-state index contributed by atoms with van der Waals surface area (Å²) in [6, 6.07) is 14.2. The summed E-state index contributed by atoms with van der Waals surface area (Å²) < 4.78 is 18.5. The second-order valence-corrected chi connectivity index (χ2v) is 7.76. The van der Waals surface area contributed by atoms with Gasteiger partial charge in [0.2, 0.25) is 0 Å². The van der Waals surface area contributed by atoms with Crippen molar-refractivity contribution >= 4 is 11.8 Å². The summed E-state index contributed by atoms with van der Waals surface area (Å²) in [6.07, 6.45) is 0.564. The number of amides is 1. The molecule has 1 aliphatic rings. The van der Waals surface area contributed by atoms with Crippen molar-refractivity contribution in [2.75, 3.05) is 18.4 Å². The van der Waals surface area contributed by atoms with Crippen LogP contribution in [0.15, 0.2) is 48.5 Å². The average Bonchev–Trinajstić information content (AvgIpc) is 2.66. The van der Waals surface area contributed by atoms with Gasteiger partial charge in [0.1, 0.15) is 5.82 Å². The highest BCUT2D eigenvalue weighted by Gasteiger charge is 2.34. The molecule has 5 nitrogen and oxygen atoms in total. The number of likely N-dealkylation sites (tertiary alicyclic amines) is 1. The zero-order valence-corrected chi connectivity index (χ0v) is 16.5. The number of nitrogens with two attached hydrogens (primary N) is 1. The van der Waals surface area contributed by atoms with Gasteiger partial charge in [0.05, 0.1) is 0 Å². The molecule has 2 aromatic rings. The van der Waals surface area contributed by atoms with Gasteiger partial charge < -0.3 is 4.74 Å².